The van der Waals surface area contributed by atoms with Crippen LogP contribution in [0.3, 0.4) is 0 Å². The number of Topliss-reactive ketones (excluding diaryl/α,β-unsaturated/α-hetero) is 1. The van der Waals surface area contributed by atoms with E-state index < -0.39 is 17.5 Å². The number of ether oxygens (including phenoxy) is 1. The van der Waals surface area contributed by atoms with Crippen molar-refractivity contribution in [3.8, 4) is 11.5 Å². The Morgan fingerprint density at radius 2 is 1.80 bits per heavy atom. The summed E-state index contributed by atoms with van der Waals surface area (Å²) in [6, 6.07) is 2.45. The van der Waals surface area contributed by atoms with Gasteiger partial charge in [0.1, 0.15) is 17.1 Å². The maximum absolute atomic E-state index is 11.1. The average molecular weight is 210 g/mol. The highest BCUT2D eigenvalue weighted by molar-refractivity contribution is 6.02. The van der Waals surface area contributed by atoms with Gasteiger partial charge in [0, 0.05) is 0 Å². The van der Waals surface area contributed by atoms with Gasteiger partial charge in [-0.05, 0) is 19.1 Å². The molecule has 0 unspecified atom stereocenters. The van der Waals surface area contributed by atoms with Crippen molar-refractivity contribution in [2.75, 3.05) is 7.11 Å². The molecule has 0 radical (unpaired) electrons. The predicted molar refractivity (Wildman–Crippen MR) is 51.6 cm³/mol. The summed E-state index contributed by atoms with van der Waals surface area (Å²) >= 11 is 0. The molecule has 0 heterocycles. The Labute approximate surface area is 85.9 Å². The van der Waals surface area contributed by atoms with Crippen molar-refractivity contribution in [3.63, 3.8) is 0 Å². The fourth-order valence-electron chi connectivity index (χ4n) is 1.16. The molecule has 0 bridgehead atoms. The predicted octanol–water partition coefficient (Wildman–Crippen LogP) is 1.30. The van der Waals surface area contributed by atoms with Gasteiger partial charge in [0.25, 0.3) is 0 Å². The second kappa shape index (κ2) is 4.00. The molecule has 5 heteroatoms. The Morgan fingerprint density at radius 1 is 1.27 bits per heavy atom. The van der Waals surface area contributed by atoms with Crippen LogP contribution in [0, 0.1) is 0 Å². The van der Waals surface area contributed by atoms with Crippen molar-refractivity contribution < 1.29 is 24.5 Å². The molecular weight excluding hydrogens is 200 g/mol. The number of benzene rings is 1. The van der Waals surface area contributed by atoms with Crippen LogP contribution >= 0.6 is 0 Å². The first-order chi connectivity index (χ1) is 6.97. The molecule has 1 rings (SSSR count). The van der Waals surface area contributed by atoms with E-state index in [9.17, 15) is 14.7 Å². The van der Waals surface area contributed by atoms with Gasteiger partial charge < -0.3 is 14.9 Å². The van der Waals surface area contributed by atoms with E-state index in [0.29, 0.717) is 0 Å². The van der Waals surface area contributed by atoms with Crippen LogP contribution in [0.5, 0.6) is 11.5 Å². The maximum atomic E-state index is 11.1. The van der Waals surface area contributed by atoms with Crippen LogP contribution in [0.2, 0.25) is 0 Å². The highest BCUT2D eigenvalue weighted by Crippen LogP contribution is 2.28. The molecule has 0 saturated carbocycles. The minimum atomic E-state index is -1.31. The fourth-order valence-corrected chi connectivity index (χ4v) is 1.16. The third-order valence-electron chi connectivity index (χ3n) is 1.93. The van der Waals surface area contributed by atoms with Gasteiger partial charge in [-0.2, -0.15) is 0 Å². The molecule has 1 aromatic rings. The molecule has 2 N–H and O–H groups in total. The topological polar surface area (TPSA) is 83.8 Å². The number of hydrogen-bond donors (Lipinski definition) is 2. The zero-order chi connectivity index (χ0) is 11.6. The quantitative estimate of drug-likeness (QED) is 0.734. The number of carbonyl (C=O) groups excluding carboxylic acids is 1. The lowest BCUT2D eigenvalue weighted by Gasteiger charge is -2.07. The van der Waals surface area contributed by atoms with Crippen molar-refractivity contribution in [1.82, 2.24) is 0 Å². The fraction of sp³-hybridized carbons (Fsp3) is 0.200. The molecule has 15 heavy (non-hydrogen) atoms. The van der Waals surface area contributed by atoms with E-state index in [0.717, 1.165) is 6.07 Å². The first-order valence-corrected chi connectivity index (χ1v) is 4.12. The van der Waals surface area contributed by atoms with Crippen molar-refractivity contribution >= 4 is 11.8 Å². The molecule has 1 aromatic carbocycles. The van der Waals surface area contributed by atoms with Crippen LogP contribution in [-0.2, 0) is 0 Å². The lowest BCUT2D eigenvalue weighted by atomic mass is 10.1. The summed E-state index contributed by atoms with van der Waals surface area (Å²) < 4.78 is 4.82. The number of hydrogen-bond acceptors (Lipinski definition) is 4. The monoisotopic (exact) mass is 210 g/mol. The number of carbonyl (C=O) groups is 2. The van der Waals surface area contributed by atoms with Crippen LogP contribution in [0.25, 0.3) is 0 Å². The number of carboxylic acid groups (broad SMARTS) is 1. The van der Waals surface area contributed by atoms with Crippen molar-refractivity contribution in [3.05, 3.63) is 23.3 Å². The van der Waals surface area contributed by atoms with Crippen molar-refractivity contribution in [2.24, 2.45) is 0 Å². The van der Waals surface area contributed by atoms with E-state index in [1.165, 1.54) is 20.1 Å². The van der Waals surface area contributed by atoms with Gasteiger partial charge in [-0.1, -0.05) is 0 Å². The highest BCUT2D eigenvalue weighted by Gasteiger charge is 2.18. The molecule has 0 aliphatic rings. The third-order valence-corrected chi connectivity index (χ3v) is 1.93. The van der Waals surface area contributed by atoms with Crippen molar-refractivity contribution in [2.45, 2.75) is 6.92 Å². The van der Waals surface area contributed by atoms with E-state index in [2.05, 4.69) is 0 Å². The Balaban J connectivity index is 3.47. The molecule has 0 aromatic heterocycles. The van der Waals surface area contributed by atoms with Gasteiger partial charge >= 0.3 is 5.97 Å². The molecule has 0 fully saturated rings. The lowest BCUT2D eigenvalue weighted by Crippen LogP contribution is -2.03. The molecule has 0 saturated heterocycles. The molecule has 0 spiro atoms. The summed E-state index contributed by atoms with van der Waals surface area (Å²) in [6.45, 7) is 1.24. The van der Waals surface area contributed by atoms with Gasteiger partial charge in [0.2, 0.25) is 0 Å². The number of phenols is 1. The van der Waals surface area contributed by atoms with Gasteiger partial charge in [0.05, 0.1) is 12.7 Å². The minimum Gasteiger partial charge on any atom is -0.506 e. The molecule has 80 valence electrons. The normalized spacial score (nSPS) is 9.73. The summed E-state index contributed by atoms with van der Waals surface area (Å²) in [6.07, 6.45) is 0. The highest BCUT2D eigenvalue weighted by atomic mass is 16.5. The number of aromatic carboxylic acids is 1. The van der Waals surface area contributed by atoms with Gasteiger partial charge in [-0.15, -0.1) is 0 Å². The number of carboxylic acids is 1. The largest absolute Gasteiger partial charge is 0.506 e. The standard InChI is InChI=1S/C10H10O5/c1-5(11)7-3-6(15-2)4-8(9(7)12)10(13)14/h3-4,12H,1-2H3,(H,13,14). The molecule has 0 aliphatic carbocycles. The van der Waals surface area contributed by atoms with E-state index >= 15 is 0 Å². The molecule has 0 aliphatic heterocycles. The molecule has 0 amide bonds. The average Bonchev–Trinajstić information content (AvgIpc) is 2.17. The van der Waals surface area contributed by atoms with Crippen LogP contribution in [0.15, 0.2) is 12.1 Å². The Bertz CT molecular complexity index is 387. The number of ketones is 1. The number of methoxy groups -OCH3 is 1. The lowest BCUT2D eigenvalue weighted by molar-refractivity contribution is 0.0693. The van der Waals surface area contributed by atoms with E-state index in [1.807, 2.05) is 0 Å². The summed E-state index contributed by atoms with van der Waals surface area (Å²) in [7, 11) is 1.35. The van der Waals surface area contributed by atoms with Crippen LogP contribution in [0.4, 0.5) is 0 Å². The van der Waals surface area contributed by atoms with E-state index in [-0.39, 0.29) is 16.9 Å². The molecule has 0 atom stereocenters. The van der Waals surface area contributed by atoms with Crippen LogP contribution in [-0.4, -0.2) is 29.1 Å². The second-order valence-electron chi connectivity index (χ2n) is 2.93. The van der Waals surface area contributed by atoms with E-state index in [1.54, 1.807) is 0 Å². The maximum Gasteiger partial charge on any atom is 0.339 e. The number of aromatic hydroxyl groups is 1. The van der Waals surface area contributed by atoms with Gasteiger partial charge in [-0.25, -0.2) is 4.79 Å². The second-order valence-corrected chi connectivity index (χ2v) is 2.93. The summed E-state index contributed by atoms with van der Waals surface area (Å²) in [5.74, 6) is -2.05. The summed E-state index contributed by atoms with van der Waals surface area (Å²) in [5, 5.41) is 18.3. The summed E-state index contributed by atoms with van der Waals surface area (Å²) in [5.41, 5.74) is -0.411. The number of rotatable bonds is 3. The molecule has 5 nitrogen and oxygen atoms in total. The molecular formula is C10H10O5. The first kappa shape index (κ1) is 11.0. The summed E-state index contributed by atoms with van der Waals surface area (Å²) in [4.78, 5) is 21.8. The SMILES string of the molecule is COc1cc(C(C)=O)c(O)c(C(=O)O)c1. The zero-order valence-corrected chi connectivity index (χ0v) is 8.27. The smallest absolute Gasteiger partial charge is 0.339 e. The van der Waals surface area contributed by atoms with Crippen LogP contribution in [0.1, 0.15) is 27.6 Å². The van der Waals surface area contributed by atoms with Gasteiger partial charge in [0.15, 0.2) is 5.78 Å². The van der Waals surface area contributed by atoms with Crippen molar-refractivity contribution in [1.29, 1.82) is 0 Å². The first-order valence-electron chi connectivity index (χ1n) is 4.12. The third kappa shape index (κ3) is 2.07. The minimum absolute atomic E-state index is 0.0632. The van der Waals surface area contributed by atoms with E-state index in [4.69, 9.17) is 9.84 Å². The Morgan fingerprint density at radius 3 is 2.20 bits per heavy atom. The van der Waals surface area contributed by atoms with Gasteiger partial charge in [-0.3, -0.25) is 4.79 Å². The Hall–Kier alpha value is -2.04. The van der Waals surface area contributed by atoms with Crippen LogP contribution < -0.4 is 4.74 Å². The Kier molecular flexibility index (Phi) is 2.94. The zero-order valence-electron chi connectivity index (χ0n) is 8.27.